The van der Waals surface area contributed by atoms with Gasteiger partial charge in [-0.25, -0.2) is 4.39 Å². The second-order valence-electron chi connectivity index (χ2n) is 5.43. The van der Waals surface area contributed by atoms with Crippen LogP contribution in [-0.2, 0) is 16.0 Å². The standard InChI is InChI=1S/C16H18FN3O3/c17-13-6-2-1-5-12(13)16-19-15(23-20-16)8-7-14(21)18-10-11-4-3-9-22-11/h1-2,5-6,11H,3-4,7-10H2,(H,18,21)/t11-/m1/s1. The van der Waals surface area contributed by atoms with Gasteiger partial charge in [0.15, 0.2) is 0 Å². The molecule has 6 nitrogen and oxygen atoms in total. The summed E-state index contributed by atoms with van der Waals surface area (Å²) in [6, 6.07) is 6.22. The lowest BCUT2D eigenvalue weighted by Gasteiger charge is -2.09. The van der Waals surface area contributed by atoms with E-state index in [9.17, 15) is 9.18 Å². The van der Waals surface area contributed by atoms with Gasteiger partial charge in [0, 0.05) is 26.0 Å². The number of aromatic nitrogens is 2. The van der Waals surface area contributed by atoms with E-state index >= 15 is 0 Å². The first-order chi connectivity index (χ1) is 11.2. The molecule has 2 heterocycles. The molecule has 0 aliphatic carbocycles. The van der Waals surface area contributed by atoms with Crippen molar-refractivity contribution in [2.75, 3.05) is 13.2 Å². The summed E-state index contributed by atoms with van der Waals surface area (Å²) < 4.78 is 24.2. The van der Waals surface area contributed by atoms with Gasteiger partial charge in [-0.1, -0.05) is 17.3 Å². The predicted molar refractivity (Wildman–Crippen MR) is 80.0 cm³/mol. The van der Waals surface area contributed by atoms with Crippen LogP contribution in [-0.4, -0.2) is 35.3 Å². The fourth-order valence-electron chi connectivity index (χ4n) is 2.45. The molecule has 1 amide bonds. The van der Waals surface area contributed by atoms with Crippen LogP contribution in [0.25, 0.3) is 11.4 Å². The van der Waals surface area contributed by atoms with Gasteiger partial charge in [0.2, 0.25) is 17.6 Å². The molecule has 1 atom stereocenters. The summed E-state index contributed by atoms with van der Waals surface area (Å²) in [5.41, 5.74) is 0.283. The number of carbonyl (C=O) groups excluding carboxylic acids is 1. The molecule has 0 radical (unpaired) electrons. The van der Waals surface area contributed by atoms with Crippen molar-refractivity contribution in [2.45, 2.75) is 31.8 Å². The van der Waals surface area contributed by atoms with Gasteiger partial charge in [-0.2, -0.15) is 4.98 Å². The molecule has 3 rings (SSSR count). The van der Waals surface area contributed by atoms with Crippen LogP contribution >= 0.6 is 0 Å². The van der Waals surface area contributed by atoms with Crippen LogP contribution in [0.5, 0.6) is 0 Å². The first-order valence-corrected chi connectivity index (χ1v) is 7.68. The van der Waals surface area contributed by atoms with E-state index in [1.54, 1.807) is 18.2 Å². The average molecular weight is 319 g/mol. The number of ether oxygens (including phenoxy) is 1. The van der Waals surface area contributed by atoms with E-state index in [2.05, 4.69) is 15.5 Å². The van der Waals surface area contributed by atoms with E-state index in [1.165, 1.54) is 6.07 Å². The molecule has 0 bridgehead atoms. The summed E-state index contributed by atoms with van der Waals surface area (Å²) in [6.45, 7) is 1.30. The summed E-state index contributed by atoms with van der Waals surface area (Å²) >= 11 is 0. The molecule has 122 valence electrons. The number of nitrogens with zero attached hydrogens (tertiary/aromatic N) is 2. The minimum atomic E-state index is -0.408. The monoisotopic (exact) mass is 319 g/mol. The largest absolute Gasteiger partial charge is 0.376 e. The third-order valence-electron chi connectivity index (χ3n) is 3.70. The summed E-state index contributed by atoms with van der Waals surface area (Å²) in [5.74, 6) is 0.00804. The second-order valence-corrected chi connectivity index (χ2v) is 5.43. The molecule has 0 spiro atoms. The molecule has 0 saturated carbocycles. The van der Waals surface area contributed by atoms with E-state index < -0.39 is 5.82 Å². The van der Waals surface area contributed by atoms with Crippen molar-refractivity contribution in [1.29, 1.82) is 0 Å². The van der Waals surface area contributed by atoms with Crippen LogP contribution in [0.1, 0.15) is 25.2 Å². The Morgan fingerprint density at radius 1 is 1.39 bits per heavy atom. The quantitative estimate of drug-likeness (QED) is 0.882. The van der Waals surface area contributed by atoms with Crippen molar-refractivity contribution >= 4 is 5.91 Å². The number of carbonyl (C=O) groups is 1. The van der Waals surface area contributed by atoms with Crippen LogP contribution in [0.2, 0.25) is 0 Å². The molecule has 0 unspecified atom stereocenters. The summed E-state index contributed by atoms with van der Waals surface area (Å²) in [6.07, 6.45) is 2.71. The van der Waals surface area contributed by atoms with Gasteiger partial charge >= 0.3 is 0 Å². The first-order valence-electron chi connectivity index (χ1n) is 7.68. The second kappa shape index (κ2) is 7.32. The van der Waals surface area contributed by atoms with Crippen LogP contribution in [0, 0.1) is 5.82 Å². The zero-order valence-corrected chi connectivity index (χ0v) is 12.6. The number of benzene rings is 1. The fraction of sp³-hybridized carbons (Fsp3) is 0.438. The number of aryl methyl sites for hydroxylation is 1. The summed E-state index contributed by atoms with van der Waals surface area (Å²) in [4.78, 5) is 15.9. The van der Waals surface area contributed by atoms with E-state index in [0.29, 0.717) is 18.9 Å². The Hall–Kier alpha value is -2.28. The Morgan fingerprint density at radius 2 is 2.26 bits per heavy atom. The van der Waals surface area contributed by atoms with Crippen LogP contribution < -0.4 is 5.32 Å². The van der Waals surface area contributed by atoms with Crippen molar-refractivity contribution in [3.8, 4) is 11.4 Å². The topological polar surface area (TPSA) is 77.2 Å². The molecule has 1 aliphatic heterocycles. The van der Waals surface area contributed by atoms with Crippen molar-refractivity contribution < 1.29 is 18.4 Å². The molecule has 1 aromatic heterocycles. The summed E-state index contributed by atoms with van der Waals surface area (Å²) in [7, 11) is 0. The molecule has 1 N–H and O–H groups in total. The minimum Gasteiger partial charge on any atom is -0.376 e. The molecule has 1 fully saturated rings. The Balaban J connectivity index is 1.49. The SMILES string of the molecule is O=C(CCc1nc(-c2ccccc2F)no1)NC[C@H]1CCCO1. The Kier molecular flexibility index (Phi) is 4.97. The molecule has 1 aliphatic rings. The maximum atomic E-state index is 13.6. The minimum absolute atomic E-state index is 0.0915. The van der Waals surface area contributed by atoms with Crippen molar-refractivity contribution in [3.05, 3.63) is 36.0 Å². The Bertz CT molecular complexity index is 668. The highest BCUT2D eigenvalue weighted by molar-refractivity contribution is 5.76. The number of hydrogen-bond donors (Lipinski definition) is 1. The number of nitrogens with one attached hydrogen (secondary N) is 1. The van der Waals surface area contributed by atoms with E-state index in [-0.39, 0.29) is 29.8 Å². The van der Waals surface area contributed by atoms with E-state index in [4.69, 9.17) is 9.26 Å². The first kappa shape index (κ1) is 15.6. The van der Waals surface area contributed by atoms with Gasteiger partial charge < -0.3 is 14.6 Å². The highest BCUT2D eigenvalue weighted by Crippen LogP contribution is 2.19. The van der Waals surface area contributed by atoms with E-state index in [1.807, 2.05) is 0 Å². The zero-order valence-electron chi connectivity index (χ0n) is 12.6. The Labute approximate surface area is 133 Å². The van der Waals surface area contributed by atoms with Gasteiger partial charge in [0.1, 0.15) is 5.82 Å². The smallest absolute Gasteiger partial charge is 0.227 e. The molecule has 7 heteroatoms. The van der Waals surface area contributed by atoms with E-state index in [0.717, 1.165) is 19.4 Å². The molecular weight excluding hydrogens is 301 g/mol. The predicted octanol–water partition coefficient (Wildman–Crippen LogP) is 2.10. The van der Waals surface area contributed by atoms with Crippen molar-refractivity contribution in [2.24, 2.45) is 0 Å². The van der Waals surface area contributed by atoms with Gasteiger partial charge in [0.25, 0.3) is 0 Å². The molecule has 2 aromatic rings. The highest BCUT2D eigenvalue weighted by atomic mass is 19.1. The molecule has 1 saturated heterocycles. The number of hydrogen-bond acceptors (Lipinski definition) is 5. The molecule has 1 aromatic carbocycles. The van der Waals surface area contributed by atoms with Gasteiger partial charge in [0.05, 0.1) is 11.7 Å². The third kappa shape index (κ3) is 4.13. The number of amides is 1. The van der Waals surface area contributed by atoms with Crippen molar-refractivity contribution in [1.82, 2.24) is 15.5 Å². The fourth-order valence-corrected chi connectivity index (χ4v) is 2.45. The zero-order chi connectivity index (χ0) is 16.1. The highest BCUT2D eigenvalue weighted by Gasteiger charge is 2.17. The number of rotatable bonds is 6. The van der Waals surface area contributed by atoms with Gasteiger partial charge in [-0.05, 0) is 25.0 Å². The van der Waals surface area contributed by atoms with Crippen LogP contribution in [0.15, 0.2) is 28.8 Å². The lowest BCUT2D eigenvalue weighted by molar-refractivity contribution is -0.121. The van der Waals surface area contributed by atoms with Crippen LogP contribution in [0.4, 0.5) is 4.39 Å². The lowest BCUT2D eigenvalue weighted by Crippen LogP contribution is -2.31. The average Bonchev–Trinajstić information content (AvgIpc) is 3.23. The maximum absolute atomic E-state index is 13.6. The van der Waals surface area contributed by atoms with Gasteiger partial charge in [-0.3, -0.25) is 4.79 Å². The van der Waals surface area contributed by atoms with Crippen molar-refractivity contribution in [3.63, 3.8) is 0 Å². The maximum Gasteiger partial charge on any atom is 0.227 e. The number of halogens is 1. The third-order valence-corrected chi connectivity index (χ3v) is 3.70. The molecular formula is C16H18FN3O3. The normalized spacial score (nSPS) is 17.3. The van der Waals surface area contributed by atoms with Gasteiger partial charge in [-0.15, -0.1) is 0 Å². The molecule has 23 heavy (non-hydrogen) atoms. The Morgan fingerprint density at radius 3 is 3.04 bits per heavy atom. The summed E-state index contributed by atoms with van der Waals surface area (Å²) in [5, 5.41) is 6.59. The van der Waals surface area contributed by atoms with Crippen LogP contribution in [0.3, 0.4) is 0 Å². The lowest BCUT2D eigenvalue weighted by atomic mass is 10.2.